The van der Waals surface area contributed by atoms with Crippen LogP contribution in [0.5, 0.6) is 0 Å². The van der Waals surface area contributed by atoms with Crippen molar-refractivity contribution in [3.8, 4) is 0 Å². The molecule has 1 N–H and O–H groups in total. The number of likely N-dealkylation sites (N-methyl/N-ethyl adjacent to an activating group) is 1. The lowest BCUT2D eigenvalue weighted by atomic mass is 10.0. The average Bonchev–Trinajstić information content (AvgIpc) is 2.33. The van der Waals surface area contributed by atoms with Crippen LogP contribution in [-0.2, 0) is 0 Å². The zero-order valence-electron chi connectivity index (χ0n) is 9.66. The minimum atomic E-state index is -3.76. The molecule has 0 fully saturated rings. The monoisotopic (exact) mass is 381 g/mol. The molecule has 0 saturated heterocycles. The minimum Gasteiger partial charge on any atom is -0.396 e. The van der Waals surface area contributed by atoms with Gasteiger partial charge in [-0.05, 0) is 21.2 Å². The van der Waals surface area contributed by atoms with Crippen LogP contribution in [0.25, 0.3) is 0 Å². The maximum atomic E-state index is 8.68. The smallest absolute Gasteiger partial charge is 0.396 e. The molecule has 2 rings (SSSR count). The third-order valence-electron chi connectivity index (χ3n) is 2.37. The Morgan fingerprint density at radius 2 is 1.83 bits per heavy atom. The first kappa shape index (κ1) is 15.5. The van der Waals surface area contributed by atoms with Crippen molar-refractivity contribution < 1.29 is 31.4 Å². The highest BCUT2D eigenvalue weighted by Gasteiger charge is 2.14. The van der Waals surface area contributed by atoms with Gasteiger partial charge in [0.25, 0.3) is 0 Å². The van der Waals surface area contributed by atoms with E-state index in [1.807, 2.05) is 37.5 Å². The molecule has 0 amide bonds. The lowest BCUT2D eigenvalue weighted by molar-refractivity contribution is -1.63. The molecular formula is C12H13ClINO3. The van der Waals surface area contributed by atoms with Gasteiger partial charge in [-0.15, -0.1) is 0 Å². The fourth-order valence-electron chi connectivity index (χ4n) is 1.59. The molecule has 4 nitrogen and oxygen atoms in total. The topological polar surface area (TPSA) is 69.6 Å². The van der Waals surface area contributed by atoms with E-state index in [1.165, 1.54) is 5.56 Å². The summed E-state index contributed by atoms with van der Waals surface area (Å²) in [6.45, 7) is 0. The second-order valence-electron chi connectivity index (χ2n) is 3.59. The first-order valence-electron chi connectivity index (χ1n) is 5.07. The third-order valence-corrected chi connectivity index (χ3v) is 2.62. The Balaban J connectivity index is 0.000000357. The normalized spacial score (nSPS) is 18.2. The van der Waals surface area contributed by atoms with Crippen LogP contribution in [0, 0.1) is 0 Å². The third kappa shape index (κ3) is 5.36. The number of rotatable bonds is 1. The zero-order valence-corrected chi connectivity index (χ0v) is 12.6. The standard InChI is InChI=1S/C12H12ClN.HIO3/c1-14-8-7-11(13)9-12(14)10-5-3-2-4-6-10;2-1(3)4/h2-9,12H,1H3;2H. The lowest BCUT2D eigenvalue weighted by Gasteiger charge is -2.27. The number of hydrogen-bond donors (Lipinski definition) is 1. The summed E-state index contributed by atoms with van der Waals surface area (Å²) in [6, 6.07) is 10.6. The molecule has 0 bridgehead atoms. The summed E-state index contributed by atoms with van der Waals surface area (Å²) in [4.78, 5) is 2.14. The van der Waals surface area contributed by atoms with Crippen molar-refractivity contribution in [2.75, 3.05) is 7.05 Å². The molecule has 0 aliphatic carbocycles. The van der Waals surface area contributed by atoms with Crippen LogP contribution in [0.1, 0.15) is 11.6 Å². The number of benzene rings is 1. The van der Waals surface area contributed by atoms with Gasteiger partial charge in [-0.2, -0.15) is 0 Å². The van der Waals surface area contributed by atoms with Crippen molar-refractivity contribution in [3.05, 3.63) is 59.3 Å². The quantitative estimate of drug-likeness (QED) is 0.541. The van der Waals surface area contributed by atoms with Gasteiger partial charge in [0.1, 0.15) is 0 Å². The van der Waals surface area contributed by atoms with Gasteiger partial charge in [-0.3, -0.25) is 0 Å². The van der Waals surface area contributed by atoms with Crippen LogP contribution in [0.4, 0.5) is 0 Å². The van der Waals surface area contributed by atoms with Gasteiger partial charge in [-0.1, -0.05) is 41.9 Å². The molecule has 98 valence electrons. The first-order valence-corrected chi connectivity index (χ1v) is 8.18. The van der Waals surface area contributed by atoms with E-state index in [-0.39, 0.29) is 6.04 Å². The van der Waals surface area contributed by atoms with Crippen molar-refractivity contribution in [1.29, 1.82) is 0 Å². The Morgan fingerprint density at radius 1 is 1.28 bits per heavy atom. The van der Waals surface area contributed by atoms with Crippen LogP contribution in [0.2, 0.25) is 0 Å². The van der Waals surface area contributed by atoms with E-state index in [0.717, 1.165) is 5.03 Å². The predicted octanol–water partition coefficient (Wildman–Crippen LogP) is -2.62. The second kappa shape index (κ2) is 7.75. The summed E-state index contributed by atoms with van der Waals surface area (Å²) in [7, 11) is 2.05. The van der Waals surface area contributed by atoms with Crippen molar-refractivity contribution in [3.63, 3.8) is 0 Å². The molecule has 1 unspecified atom stereocenters. The molecule has 1 atom stereocenters. The van der Waals surface area contributed by atoms with Gasteiger partial charge in [0.15, 0.2) is 0 Å². The largest absolute Gasteiger partial charge is 0.503 e. The Labute approximate surface area is 120 Å². The van der Waals surface area contributed by atoms with Crippen LogP contribution >= 0.6 is 11.6 Å². The molecule has 18 heavy (non-hydrogen) atoms. The second-order valence-corrected chi connectivity index (χ2v) is 5.17. The number of hydrogen-bond acceptors (Lipinski definition) is 4. The van der Waals surface area contributed by atoms with Crippen LogP contribution in [0.3, 0.4) is 0 Å². The lowest BCUT2D eigenvalue weighted by Crippen LogP contribution is -3.98. The number of halogens is 2. The van der Waals surface area contributed by atoms with E-state index in [2.05, 4.69) is 23.1 Å². The molecule has 1 aromatic rings. The Bertz CT molecular complexity index is 420. The van der Waals surface area contributed by atoms with E-state index < -0.39 is 21.1 Å². The van der Waals surface area contributed by atoms with E-state index in [1.54, 1.807) is 0 Å². The predicted molar refractivity (Wildman–Crippen MR) is 62.2 cm³/mol. The van der Waals surface area contributed by atoms with Crippen molar-refractivity contribution in [2.24, 2.45) is 0 Å². The van der Waals surface area contributed by atoms with Crippen molar-refractivity contribution in [2.45, 2.75) is 6.04 Å². The molecule has 0 radical (unpaired) electrons. The molecule has 0 aromatic heterocycles. The molecule has 1 aliphatic rings. The fourth-order valence-corrected chi connectivity index (χ4v) is 1.76. The van der Waals surface area contributed by atoms with Gasteiger partial charge < -0.3 is 11.8 Å². The molecule has 0 saturated carbocycles. The van der Waals surface area contributed by atoms with Crippen LogP contribution in [0.15, 0.2) is 53.7 Å². The average molecular weight is 382 g/mol. The van der Waals surface area contributed by atoms with E-state index in [9.17, 15) is 0 Å². The SMILES string of the molecule is CN1C=CC(Cl)=CC1c1ccccc1.[O-][I+2]([O-])O. The summed E-state index contributed by atoms with van der Waals surface area (Å²) in [5.41, 5.74) is 1.26. The summed E-state index contributed by atoms with van der Waals surface area (Å²) in [5, 5.41) is 0.803. The number of allylic oxidation sites excluding steroid dienone is 2. The number of nitrogens with zero attached hydrogens (tertiary/aromatic N) is 1. The summed E-state index contributed by atoms with van der Waals surface area (Å²) >= 11 is 2.21. The highest BCUT2D eigenvalue weighted by Crippen LogP contribution is 2.27. The van der Waals surface area contributed by atoms with Gasteiger partial charge in [-0.25, -0.2) is 0 Å². The van der Waals surface area contributed by atoms with E-state index in [0.29, 0.717) is 0 Å². The summed E-state index contributed by atoms with van der Waals surface area (Å²) in [5.74, 6) is 0. The fraction of sp³-hybridized carbons (Fsp3) is 0.167. The highest BCUT2D eigenvalue weighted by atomic mass is 127. The Hall–Kier alpha value is -0.600. The van der Waals surface area contributed by atoms with Gasteiger partial charge in [0, 0.05) is 18.3 Å². The van der Waals surface area contributed by atoms with Gasteiger partial charge in [0.2, 0.25) is 0 Å². The van der Waals surface area contributed by atoms with E-state index >= 15 is 0 Å². The molecule has 1 heterocycles. The van der Waals surface area contributed by atoms with Gasteiger partial charge in [0.05, 0.1) is 6.04 Å². The molecule has 1 aromatic carbocycles. The van der Waals surface area contributed by atoms with Crippen LogP contribution < -0.4 is 27.9 Å². The maximum absolute atomic E-state index is 8.68. The summed E-state index contributed by atoms with van der Waals surface area (Å²) in [6.07, 6.45) is 5.96. The van der Waals surface area contributed by atoms with Crippen molar-refractivity contribution >= 4 is 11.6 Å². The molecule has 6 heteroatoms. The Morgan fingerprint density at radius 3 is 2.39 bits per heavy atom. The van der Waals surface area contributed by atoms with Crippen molar-refractivity contribution in [1.82, 2.24) is 4.90 Å². The highest BCUT2D eigenvalue weighted by molar-refractivity contribution is 6.31. The first-order chi connectivity index (χ1) is 8.50. The van der Waals surface area contributed by atoms with Crippen LogP contribution in [-0.4, -0.2) is 15.4 Å². The molecule has 1 aliphatic heterocycles. The molecule has 0 spiro atoms. The maximum Gasteiger partial charge on any atom is 0.503 e. The molecular weight excluding hydrogens is 368 g/mol. The minimum absolute atomic E-state index is 0.258. The Kier molecular flexibility index (Phi) is 6.66. The zero-order chi connectivity index (χ0) is 13.5. The van der Waals surface area contributed by atoms with Gasteiger partial charge >= 0.3 is 21.1 Å². The van der Waals surface area contributed by atoms with E-state index in [4.69, 9.17) is 21.9 Å². The summed E-state index contributed by atoms with van der Waals surface area (Å²) < 4.78 is 24.5.